The molecule has 0 aliphatic heterocycles. The maximum absolute atomic E-state index is 11.5. The minimum Gasteiger partial charge on any atom is -0.491 e. The highest BCUT2D eigenvalue weighted by atomic mass is 16.5. The number of para-hydroxylation sites is 1. The van der Waals surface area contributed by atoms with Crippen molar-refractivity contribution in [2.24, 2.45) is 0 Å². The van der Waals surface area contributed by atoms with Gasteiger partial charge in [0.25, 0.3) is 0 Å². The van der Waals surface area contributed by atoms with E-state index in [1.54, 1.807) is 0 Å². The number of benzene rings is 1. The molecule has 0 saturated carbocycles. The fourth-order valence-corrected chi connectivity index (χ4v) is 1.75. The summed E-state index contributed by atoms with van der Waals surface area (Å²) < 4.78 is 5.57. The van der Waals surface area contributed by atoms with Gasteiger partial charge in [0.2, 0.25) is 5.91 Å². The van der Waals surface area contributed by atoms with Gasteiger partial charge in [0.05, 0.1) is 6.54 Å². The van der Waals surface area contributed by atoms with E-state index in [1.165, 1.54) is 0 Å². The van der Waals surface area contributed by atoms with Crippen molar-refractivity contribution in [3.8, 4) is 5.75 Å². The molecule has 0 aromatic heterocycles. The van der Waals surface area contributed by atoms with E-state index in [9.17, 15) is 9.59 Å². The Kier molecular flexibility index (Phi) is 8.49. The molecule has 3 amide bonds. The number of rotatable bonds is 9. The van der Waals surface area contributed by atoms with Gasteiger partial charge in [-0.25, -0.2) is 4.79 Å². The van der Waals surface area contributed by atoms with Gasteiger partial charge in [-0.1, -0.05) is 25.1 Å². The molecule has 0 bridgehead atoms. The van der Waals surface area contributed by atoms with Gasteiger partial charge in [-0.05, 0) is 25.0 Å². The number of hydrogen-bond donors (Lipinski definition) is 3. The third-order valence-electron chi connectivity index (χ3n) is 2.95. The zero-order valence-electron chi connectivity index (χ0n) is 13.3. The van der Waals surface area contributed by atoms with E-state index in [0.717, 1.165) is 17.7 Å². The van der Waals surface area contributed by atoms with Crippen LogP contribution >= 0.6 is 0 Å². The lowest BCUT2D eigenvalue weighted by Crippen LogP contribution is -2.39. The quantitative estimate of drug-likeness (QED) is 0.606. The molecule has 1 rings (SSSR count). The summed E-state index contributed by atoms with van der Waals surface area (Å²) in [6, 6.07) is 7.43. The van der Waals surface area contributed by atoms with Gasteiger partial charge >= 0.3 is 6.03 Å². The Morgan fingerprint density at radius 2 is 1.77 bits per heavy atom. The highest BCUT2D eigenvalue weighted by Crippen LogP contribution is 2.15. The molecule has 22 heavy (non-hydrogen) atoms. The van der Waals surface area contributed by atoms with E-state index in [1.807, 2.05) is 38.1 Å². The summed E-state index contributed by atoms with van der Waals surface area (Å²) in [6.45, 7) is 5.75. The molecule has 1 aromatic carbocycles. The lowest BCUT2D eigenvalue weighted by atomic mass is 10.2. The van der Waals surface area contributed by atoms with Gasteiger partial charge in [-0.15, -0.1) is 0 Å². The first-order valence-electron chi connectivity index (χ1n) is 7.60. The van der Waals surface area contributed by atoms with Crippen LogP contribution in [0.15, 0.2) is 24.3 Å². The normalized spacial score (nSPS) is 9.91. The van der Waals surface area contributed by atoms with Crippen molar-refractivity contribution >= 4 is 11.9 Å². The maximum atomic E-state index is 11.5. The Hall–Kier alpha value is -2.24. The molecule has 0 spiro atoms. The van der Waals surface area contributed by atoms with Gasteiger partial charge in [0, 0.05) is 19.5 Å². The summed E-state index contributed by atoms with van der Waals surface area (Å²) in [7, 11) is 0. The molecule has 0 saturated heterocycles. The molecule has 6 nitrogen and oxygen atoms in total. The zero-order chi connectivity index (χ0) is 16.2. The number of amides is 3. The van der Waals surface area contributed by atoms with Gasteiger partial charge < -0.3 is 20.7 Å². The fourth-order valence-electron chi connectivity index (χ4n) is 1.75. The van der Waals surface area contributed by atoms with Crippen molar-refractivity contribution in [2.75, 3.05) is 26.2 Å². The molecule has 0 fully saturated rings. The highest BCUT2D eigenvalue weighted by molar-refractivity contribution is 5.78. The van der Waals surface area contributed by atoms with Crippen LogP contribution in [0.2, 0.25) is 0 Å². The van der Waals surface area contributed by atoms with E-state index >= 15 is 0 Å². The van der Waals surface area contributed by atoms with E-state index in [-0.39, 0.29) is 18.4 Å². The third kappa shape index (κ3) is 7.52. The second kappa shape index (κ2) is 10.5. The van der Waals surface area contributed by atoms with Crippen LogP contribution in [0.3, 0.4) is 0 Å². The molecular formula is C16H25N3O3. The molecule has 3 N–H and O–H groups in total. The highest BCUT2D eigenvalue weighted by Gasteiger charge is 2.03. The average molecular weight is 307 g/mol. The monoisotopic (exact) mass is 307 g/mol. The Morgan fingerprint density at radius 3 is 2.50 bits per heavy atom. The summed E-state index contributed by atoms with van der Waals surface area (Å²) >= 11 is 0. The van der Waals surface area contributed by atoms with E-state index < -0.39 is 0 Å². The first-order chi connectivity index (χ1) is 10.6. The topological polar surface area (TPSA) is 79.5 Å². The number of aryl methyl sites for hydroxylation is 1. The van der Waals surface area contributed by atoms with E-state index in [0.29, 0.717) is 26.2 Å². The van der Waals surface area contributed by atoms with Crippen LogP contribution < -0.4 is 20.7 Å². The number of hydrogen-bond acceptors (Lipinski definition) is 3. The van der Waals surface area contributed by atoms with Crippen molar-refractivity contribution in [3.05, 3.63) is 29.8 Å². The van der Waals surface area contributed by atoms with E-state index in [2.05, 4.69) is 16.0 Å². The van der Waals surface area contributed by atoms with Crippen molar-refractivity contribution in [1.82, 2.24) is 16.0 Å². The lowest BCUT2D eigenvalue weighted by Gasteiger charge is -2.10. The number of urea groups is 1. The van der Waals surface area contributed by atoms with Crippen molar-refractivity contribution in [1.29, 1.82) is 0 Å². The summed E-state index contributed by atoms with van der Waals surface area (Å²) in [4.78, 5) is 22.8. The second-order valence-electron chi connectivity index (χ2n) is 4.90. The largest absolute Gasteiger partial charge is 0.491 e. The van der Waals surface area contributed by atoms with Crippen molar-refractivity contribution < 1.29 is 14.3 Å². The Morgan fingerprint density at radius 1 is 1.05 bits per heavy atom. The Labute approximate surface area is 131 Å². The van der Waals surface area contributed by atoms with Crippen LogP contribution in [0.5, 0.6) is 5.75 Å². The molecule has 0 atom stereocenters. The molecule has 0 heterocycles. The van der Waals surface area contributed by atoms with Crippen LogP contribution in [0, 0.1) is 6.92 Å². The fraction of sp³-hybridized carbons (Fsp3) is 0.500. The predicted molar refractivity (Wildman–Crippen MR) is 86.0 cm³/mol. The molecule has 0 radical (unpaired) electrons. The van der Waals surface area contributed by atoms with Gasteiger partial charge in [0.1, 0.15) is 12.4 Å². The Bertz CT molecular complexity index is 477. The molecule has 1 aromatic rings. The minimum absolute atomic E-state index is 0.0509. The smallest absolute Gasteiger partial charge is 0.314 e. The molecule has 0 unspecified atom stereocenters. The first kappa shape index (κ1) is 17.8. The standard InChI is InChI=1S/C16H25N3O3/c1-3-9-17-15(20)8-10-18-16(21)19-11-12-22-14-7-5-4-6-13(14)2/h4-7H,3,8-12H2,1-2H3,(H,17,20)(H2,18,19,21). The molecule has 0 aliphatic carbocycles. The lowest BCUT2D eigenvalue weighted by molar-refractivity contribution is -0.120. The molecular weight excluding hydrogens is 282 g/mol. The molecule has 122 valence electrons. The van der Waals surface area contributed by atoms with Gasteiger partial charge in [0.15, 0.2) is 0 Å². The third-order valence-corrected chi connectivity index (χ3v) is 2.95. The molecule has 6 heteroatoms. The number of ether oxygens (including phenoxy) is 1. The summed E-state index contributed by atoms with van der Waals surface area (Å²) in [6.07, 6.45) is 1.19. The van der Waals surface area contributed by atoms with Crippen LogP contribution in [-0.4, -0.2) is 38.2 Å². The van der Waals surface area contributed by atoms with Crippen LogP contribution in [0.4, 0.5) is 4.79 Å². The summed E-state index contributed by atoms with van der Waals surface area (Å²) in [5, 5.41) is 8.07. The van der Waals surface area contributed by atoms with Gasteiger partial charge in [-0.2, -0.15) is 0 Å². The van der Waals surface area contributed by atoms with Crippen LogP contribution in [-0.2, 0) is 4.79 Å². The van der Waals surface area contributed by atoms with Gasteiger partial charge in [-0.3, -0.25) is 4.79 Å². The number of carbonyl (C=O) groups is 2. The van der Waals surface area contributed by atoms with Crippen LogP contribution in [0.1, 0.15) is 25.3 Å². The van der Waals surface area contributed by atoms with Crippen molar-refractivity contribution in [3.63, 3.8) is 0 Å². The van der Waals surface area contributed by atoms with Crippen molar-refractivity contribution in [2.45, 2.75) is 26.7 Å². The second-order valence-corrected chi connectivity index (χ2v) is 4.90. The molecule has 0 aliphatic rings. The Balaban J connectivity index is 2.06. The SMILES string of the molecule is CCCNC(=O)CCNC(=O)NCCOc1ccccc1C. The maximum Gasteiger partial charge on any atom is 0.314 e. The number of carbonyl (C=O) groups excluding carboxylic acids is 2. The minimum atomic E-state index is -0.295. The first-order valence-corrected chi connectivity index (χ1v) is 7.60. The average Bonchev–Trinajstić information content (AvgIpc) is 2.51. The predicted octanol–water partition coefficient (Wildman–Crippen LogP) is 1.59. The van der Waals surface area contributed by atoms with E-state index in [4.69, 9.17) is 4.74 Å². The summed E-state index contributed by atoms with van der Waals surface area (Å²) in [5.74, 6) is 0.766. The number of nitrogens with one attached hydrogen (secondary N) is 3. The summed E-state index contributed by atoms with van der Waals surface area (Å²) in [5.41, 5.74) is 1.06. The van der Waals surface area contributed by atoms with Crippen LogP contribution in [0.25, 0.3) is 0 Å². The zero-order valence-corrected chi connectivity index (χ0v) is 13.3.